The van der Waals surface area contributed by atoms with E-state index in [4.69, 9.17) is 4.74 Å². The minimum absolute atomic E-state index is 0.322. The van der Waals surface area contributed by atoms with Gasteiger partial charge in [0.05, 0.1) is 6.61 Å². The molecule has 76 valence electrons. The first-order valence-electron chi connectivity index (χ1n) is 4.68. The highest BCUT2D eigenvalue weighted by Crippen LogP contribution is 1.93. The molecule has 0 bridgehead atoms. The minimum atomic E-state index is -0.322. The molecule has 13 heavy (non-hydrogen) atoms. The van der Waals surface area contributed by atoms with Gasteiger partial charge in [-0.3, -0.25) is 0 Å². The van der Waals surface area contributed by atoms with E-state index < -0.39 is 0 Å². The fraction of sp³-hybridized carbons (Fsp3) is 0.700. The van der Waals surface area contributed by atoms with Gasteiger partial charge in [-0.25, -0.2) is 4.79 Å². The monoisotopic (exact) mass is 185 g/mol. The van der Waals surface area contributed by atoms with Crippen molar-refractivity contribution in [2.45, 2.75) is 26.7 Å². The van der Waals surface area contributed by atoms with Gasteiger partial charge < -0.3 is 10.1 Å². The van der Waals surface area contributed by atoms with Crippen LogP contribution in [-0.2, 0) is 4.74 Å². The first-order chi connectivity index (χ1) is 6.16. The molecule has 0 atom stereocenters. The Labute approximate surface area is 80.2 Å². The molecule has 0 saturated carbocycles. The second-order valence-electron chi connectivity index (χ2n) is 3.35. The number of unbranched alkanes of at least 4 members (excludes halogenated alkanes) is 1. The Hall–Kier alpha value is -0.990. The van der Waals surface area contributed by atoms with Crippen LogP contribution in [0.3, 0.4) is 0 Å². The molecule has 1 N–H and O–H groups in total. The van der Waals surface area contributed by atoms with Gasteiger partial charge in [-0.05, 0) is 18.8 Å². The van der Waals surface area contributed by atoms with Gasteiger partial charge >= 0.3 is 6.09 Å². The first-order valence-corrected chi connectivity index (χ1v) is 4.68. The highest BCUT2D eigenvalue weighted by Gasteiger charge is 2.01. The Morgan fingerprint density at radius 1 is 1.62 bits per heavy atom. The van der Waals surface area contributed by atoms with Crippen LogP contribution in [0.4, 0.5) is 4.79 Å². The van der Waals surface area contributed by atoms with Crippen LogP contribution in [0, 0.1) is 5.92 Å². The summed E-state index contributed by atoms with van der Waals surface area (Å²) in [5, 5.41) is 2.66. The van der Waals surface area contributed by atoms with E-state index in [0.29, 0.717) is 19.1 Å². The molecule has 0 aliphatic heterocycles. The van der Waals surface area contributed by atoms with Gasteiger partial charge in [-0.1, -0.05) is 19.9 Å². The number of carbonyl (C=O) groups is 1. The summed E-state index contributed by atoms with van der Waals surface area (Å²) in [5.74, 6) is 0.388. The molecule has 1 amide bonds. The summed E-state index contributed by atoms with van der Waals surface area (Å²) in [7, 11) is 0. The summed E-state index contributed by atoms with van der Waals surface area (Å²) in [6, 6.07) is 0. The number of carbonyl (C=O) groups excluding carboxylic acids is 1. The molecule has 0 aliphatic carbocycles. The third-order valence-corrected chi connectivity index (χ3v) is 1.40. The standard InChI is InChI=1S/C10H19NO2/c1-4-5-6-7-11-10(12)13-8-9(2)3/h4,9H,1,5-8H2,2-3H3,(H,11,12). The van der Waals surface area contributed by atoms with Crippen molar-refractivity contribution in [3.8, 4) is 0 Å². The van der Waals surface area contributed by atoms with Gasteiger partial charge in [0, 0.05) is 6.54 Å². The molecule has 0 aromatic rings. The number of alkyl carbamates (subject to hydrolysis) is 1. The van der Waals surface area contributed by atoms with Gasteiger partial charge in [0.15, 0.2) is 0 Å². The van der Waals surface area contributed by atoms with Crippen LogP contribution in [-0.4, -0.2) is 19.2 Å². The molecule has 0 rings (SSSR count). The zero-order valence-corrected chi connectivity index (χ0v) is 8.51. The van der Waals surface area contributed by atoms with Crippen molar-refractivity contribution < 1.29 is 9.53 Å². The Bertz CT molecular complexity index is 155. The maximum Gasteiger partial charge on any atom is 0.407 e. The molecule has 0 fully saturated rings. The number of rotatable bonds is 6. The van der Waals surface area contributed by atoms with Gasteiger partial charge in [-0.2, -0.15) is 0 Å². The largest absolute Gasteiger partial charge is 0.449 e. The van der Waals surface area contributed by atoms with Crippen LogP contribution < -0.4 is 5.32 Å². The Balaban J connectivity index is 3.25. The predicted molar refractivity (Wildman–Crippen MR) is 53.6 cm³/mol. The van der Waals surface area contributed by atoms with E-state index in [1.807, 2.05) is 19.9 Å². The molecular formula is C10H19NO2. The summed E-state index contributed by atoms with van der Waals surface area (Å²) in [6.45, 7) is 8.74. The first kappa shape index (κ1) is 12.0. The lowest BCUT2D eigenvalue weighted by Crippen LogP contribution is -2.26. The average molecular weight is 185 g/mol. The van der Waals surface area contributed by atoms with E-state index in [9.17, 15) is 4.79 Å². The minimum Gasteiger partial charge on any atom is -0.449 e. The lowest BCUT2D eigenvalue weighted by Gasteiger charge is -2.07. The smallest absolute Gasteiger partial charge is 0.407 e. The quantitative estimate of drug-likeness (QED) is 0.509. The van der Waals surface area contributed by atoms with E-state index in [1.165, 1.54) is 0 Å². The van der Waals surface area contributed by atoms with Crippen molar-refractivity contribution in [1.82, 2.24) is 5.32 Å². The molecule has 0 heterocycles. The fourth-order valence-corrected chi connectivity index (χ4v) is 0.730. The van der Waals surface area contributed by atoms with Crippen molar-refractivity contribution in [3.63, 3.8) is 0 Å². The third-order valence-electron chi connectivity index (χ3n) is 1.40. The van der Waals surface area contributed by atoms with Crippen LogP contribution >= 0.6 is 0 Å². The molecule has 0 aromatic carbocycles. The fourth-order valence-electron chi connectivity index (χ4n) is 0.730. The summed E-state index contributed by atoms with van der Waals surface area (Å²) >= 11 is 0. The van der Waals surface area contributed by atoms with Gasteiger partial charge in [0.1, 0.15) is 0 Å². The Morgan fingerprint density at radius 2 is 2.31 bits per heavy atom. The summed E-state index contributed by atoms with van der Waals surface area (Å²) < 4.78 is 4.91. The van der Waals surface area contributed by atoms with Crippen molar-refractivity contribution in [3.05, 3.63) is 12.7 Å². The SMILES string of the molecule is C=CCCCNC(=O)OCC(C)C. The zero-order valence-electron chi connectivity index (χ0n) is 8.51. The average Bonchev–Trinajstić information content (AvgIpc) is 2.09. The molecule has 0 spiro atoms. The van der Waals surface area contributed by atoms with E-state index in [-0.39, 0.29) is 6.09 Å². The van der Waals surface area contributed by atoms with E-state index in [1.54, 1.807) is 0 Å². The molecule has 3 heteroatoms. The molecular weight excluding hydrogens is 166 g/mol. The summed E-state index contributed by atoms with van der Waals surface area (Å²) in [5.41, 5.74) is 0. The molecule has 0 radical (unpaired) electrons. The van der Waals surface area contributed by atoms with E-state index in [0.717, 1.165) is 12.8 Å². The highest BCUT2D eigenvalue weighted by atomic mass is 16.5. The van der Waals surface area contributed by atoms with Crippen LogP contribution in [0.2, 0.25) is 0 Å². The highest BCUT2D eigenvalue weighted by molar-refractivity contribution is 5.66. The second kappa shape index (κ2) is 7.65. The lowest BCUT2D eigenvalue weighted by molar-refractivity contribution is 0.133. The number of hydrogen-bond donors (Lipinski definition) is 1. The van der Waals surface area contributed by atoms with Crippen LogP contribution in [0.25, 0.3) is 0 Å². The molecule has 0 unspecified atom stereocenters. The number of allylic oxidation sites excluding steroid dienone is 1. The molecule has 0 aromatic heterocycles. The summed E-state index contributed by atoms with van der Waals surface area (Å²) in [6.07, 6.45) is 3.35. The Kier molecular flexibility index (Phi) is 7.07. The van der Waals surface area contributed by atoms with Crippen molar-refractivity contribution in [1.29, 1.82) is 0 Å². The number of amides is 1. The normalized spacial score (nSPS) is 9.77. The zero-order chi connectivity index (χ0) is 10.1. The topological polar surface area (TPSA) is 38.3 Å². The maximum atomic E-state index is 11.0. The Morgan fingerprint density at radius 3 is 2.85 bits per heavy atom. The van der Waals surface area contributed by atoms with E-state index >= 15 is 0 Å². The van der Waals surface area contributed by atoms with Crippen LogP contribution in [0.1, 0.15) is 26.7 Å². The van der Waals surface area contributed by atoms with Crippen molar-refractivity contribution >= 4 is 6.09 Å². The van der Waals surface area contributed by atoms with Gasteiger partial charge in [-0.15, -0.1) is 6.58 Å². The van der Waals surface area contributed by atoms with E-state index in [2.05, 4.69) is 11.9 Å². The van der Waals surface area contributed by atoms with Gasteiger partial charge in [0.2, 0.25) is 0 Å². The van der Waals surface area contributed by atoms with Crippen LogP contribution in [0.15, 0.2) is 12.7 Å². The lowest BCUT2D eigenvalue weighted by atomic mass is 10.2. The van der Waals surface area contributed by atoms with Crippen molar-refractivity contribution in [2.75, 3.05) is 13.2 Å². The van der Waals surface area contributed by atoms with Gasteiger partial charge in [0.25, 0.3) is 0 Å². The predicted octanol–water partition coefficient (Wildman–Crippen LogP) is 2.33. The van der Waals surface area contributed by atoms with Crippen LogP contribution in [0.5, 0.6) is 0 Å². The molecule has 0 aliphatic rings. The molecule has 3 nitrogen and oxygen atoms in total. The number of ether oxygens (including phenoxy) is 1. The van der Waals surface area contributed by atoms with Crippen molar-refractivity contribution in [2.24, 2.45) is 5.92 Å². The number of nitrogens with one attached hydrogen (secondary N) is 1. The molecule has 0 saturated heterocycles. The third kappa shape index (κ3) is 8.92. The maximum absolute atomic E-state index is 11.0. The summed E-state index contributed by atoms with van der Waals surface area (Å²) in [4.78, 5) is 11.0. The second-order valence-corrected chi connectivity index (χ2v) is 3.35. The number of hydrogen-bond acceptors (Lipinski definition) is 2.